The van der Waals surface area contributed by atoms with Crippen LogP contribution in [0.2, 0.25) is 0 Å². The molecule has 0 aliphatic heterocycles. The number of urea groups is 1. The number of hydrogen-bond donors (Lipinski definition) is 1. The molecule has 3 nitrogen and oxygen atoms in total. The number of carbonyl (C=O) groups is 1. The summed E-state index contributed by atoms with van der Waals surface area (Å²) in [6.07, 6.45) is 0.937. The molecule has 0 aliphatic rings. The minimum Gasteiger partial charge on any atom is -0.341 e. The summed E-state index contributed by atoms with van der Waals surface area (Å²) in [7, 11) is 3.43. The molecule has 0 heterocycles. The number of hydrogen-bond acceptors (Lipinski definition) is 1. The van der Waals surface area contributed by atoms with Crippen molar-refractivity contribution in [2.24, 2.45) is 0 Å². The fraction of sp³-hybridized carbons (Fsp3) is 0.625. The number of nitrogens with zero attached hydrogens (tertiary/aromatic N) is 1. The summed E-state index contributed by atoms with van der Waals surface area (Å²) in [4.78, 5) is 12.7. The molecule has 0 radical (unpaired) electrons. The second kappa shape index (κ2) is 6.28. The van der Waals surface area contributed by atoms with E-state index in [-0.39, 0.29) is 6.03 Å². The zero-order valence-corrected chi connectivity index (χ0v) is 9.88. The highest BCUT2D eigenvalue weighted by Gasteiger charge is 2.04. The zero-order valence-electron chi connectivity index (χ0n) is 7.72. The Kier molecular flexibility index (Phi) is 6.14. The fourth-order valence-corrected chi connectivity index (χ4v) is 1.00. The quantitative estimate of drug-likeness (QED) is 0.789. The van der Waals surface area contributed by atoms with E-state index in [9.17, 15) is 4.79 Å². The van der Waals surface area contributed by atoms with Crippen LogP contribution in [0.1, 0.15) is 13.3 Å². The van der Waals surface area contributed by atoms with Gasteiger partial charge in [0.15, 0.2) is 0 Å². The molecule has 0 aliphatic carbocycles. The van der Waals surface area contributed by atoms with Crippen LogP contribution in [-0.4, -0.2) is 31.6 Å². The Morgan fingerprint density at radius 3 is 2.67 bits per heavy atom. The van der Waals surface area contributed by atoms with Gasteiger partial charge in [-0.05, 0) is 17.4 Å². The zero-order chi connectivity index (χ0) is 9.56. The molecule has 0 aromatic carbocycles. The first-order valence-corrected chi connectivity index (χ1v) is 5.05. The van der Waals surface area contributed by atoms with E-state index in [0.717, 1.165) is 13.0 Å². The SMILES string of the molecule is CNC(=O)N(C)CC/C(C)=C\I. The first-order valence-electron chi connectivity index (χ1n) is 3.80. The second-order valence-corrected chi connectivity index (χ2v) is 3.30. The molecule has 70 valence electrons. The fourth-order valence-electron chi connectivity index (χ4n) is 0.691. The molecular weight excluding hydrogens is 267 g/mol. The molecule has 0 bridgehead atoms. The van der Waals surface area contributed by atoms with Crippen LogP contribution in [0.15, 0.2) is 9.66 Å². The van der Waals surface area contributed by atoms with E-state index >= 15 is 0 Å². The molecule has 4 heteroatoms. The predicted molar refractivity (Wildman–Crippen MR) is 59.5 cm³/mol. The van der Waals surface area contributed by atoms with Gasteiger partial charge in [0.2, 0.25) is 0 Å². The normalized spacial score (nSPS) is 11.2. The molecule has 0 fully saturated rings. The van der Waals surface area contributed by atoms with Crippen molar-refractivity contribution in [2.45, 2.75) is 13.3 Å². The monoisotopic (exact) mass is 282 g/mol. The summed E-state index contributed by atoms with van der Waals surface area (Å²) in [5.74, 6) is 0. The molecule has 0 atom stereocenters. The van der Waals surface area contributed by atoms with Gasteiger partial charge in [-0.2, -0.15) is 0 Å². The van der Waals surface area contributed by atoms with Gasteiger partial charge >= 0.3 is 6.03 Å². The van der Waals surface area contributed by atoms with Crippen LogP contribution in [-0.2, 0) is 0 Å². The summed E-state index contributed by atoms with van der Waals surface area (Å²) < 4.78 is 2.04. The van der Waals surface area contributed by atoms with Gasteiger partial charge in [-0.1, -0.05) is 28.2 Å². The molecule has 2 amide bonds. The van der Waals surface area contributed by atoms with Crippen molar-refractivity contribution in [3.05, 3.63) is 9.66 Å². The smallest absolute Gasteiger partial charge is 0.316 e. The third-order valence-electron chi connectivity index (χ3n) is 1.59. The third-order valence-corrected chi connectivity index (χ3v) is 2.65. The van der Waals surface area contributed by atoms with Crippen LogP contribution >= 0.6 is 22.6 Å². The summed E-state index contributed by atoms with van der Waals surface area (Å²) in [5.41, 5.74) is 1.30. The highest BCUT2D eigenvalue weighted by atomic mass is 127. The lowest BCUT2D eigenvalue weighted by molar-refractivity contribution is 0.211. The molecular formula is C8H15IN2O. The van der Waals surface area contributed by atoms with E-state index < -0.39 is 0 Å². The average molecular weight is 282 g/mol. The van der Waals surface area contributed by atoms with Crippen molar-refractivity contribution >= 4 is 28.6 Å². The summed E-state index contributed by atoms with van der Waals surface area (Å²) in [6.45, 7) is 2.83. The number of amides is 2. The molecule has 0 rings (SSSR count). The number of nitrogens with one attached hydrogen (secondary N) is 1. The standard InChI is InChI=1S/C8H15IN2O/c1-7(6-9)4-5-11(3)8(12)10-2/h6H,4-5H2,1-3H3,(H,10,12)/b7-6-. The first-order chi connectivity index (χ1) is 5.61. The Balaban J connectivity index is 3.71. The molecule has 0 aromatic heterocycles. The van der Waals surface area contributed by atoms with Crippen LogP contribution < -0.4 is 5.32 Å². The van der Waals surface area contributed by atoms with E-state index in [1.165, 1.54) is 5.57 Å². The molecule has 0 saturated carbocycles. The number of carbonyl (C=O) groups excluding carboxylic acids is 1. The van der Waals surface area contributed by atoms with Crippen molar-refractivity contribution < 1.29 is 4.79 Å². The van der Waals surface area contributed by atoms with Crippen LogP contribution in [0.5, 0.6) is 0 Å². The first kappa shape index (κ1) is 11.7. The highest BCUT2D eigenvalue weighted by molar-refractivity contribution is 14.1. The summed E-state index contributed by atoms with van der Waals surface area (Å²) >= 11 is 2.21. The maximum Gasteiger partial charge on any atom is 0.316 e. The van der Waals surface area contributed by atoms with E-state index in [4.69, 9.17) is 0 Å². The van der Waals surface area contributed by atoms with Crippen LogP contribution in [0.25, 0.3) is 0 Å². The van der Waals surface area contributed by atoms with Gasteiger partial charge in [0.05, 0.1) is 0 Å². The van der Waals surface area contributed by atoms with Crippen LogP contribution in [0.4, 0.5) is 4.79 Å². The van der Waals surface area contributed by atoms with Gasteiger partial charge in [0, 0.05) is 20.6 Å². The number of halogens is 1. The largest absolute Gasteiger partial charge is 0.341 e. The Bertz CT molecular complexity index is 180. The third kappa shape index (κ3) is 4.58. The summed E-state index contributed by atoms with van der Waals surface area (Å²) in [5, 5.41) is 2.57. The van der Waals surface area contributed by atoms with Crippen molar-refractivity contribution in [1.82, 2.24) is 10.2 Å². The second-order valence-electron chi connectivity index (χ2n) is 2.68. The molecule has 1 N–H and O–H groups in total. The Labute approximate surface area is 87.3 Å². The van der Waals surface area contributed by atoms with Gasteiger partial charge in [-0.15, -0.1) is 0 Å². The van der Waals surface area contributed by atoms with Crippen molar-refractivity contribution in [2.75, 3.05) is 20.6 Å². The molecule has 0 aromatic rings. The minimum atomic E-state index is -0.0312. The van der Waals surface area contributed by atoms with Gasteiger partial charge in [0.25, 0.3) is 0 Å². The molecule has 0 unspecified atom stereocenters. The number of rotatable bonds is 3. The van der Waals surface area contributed by atoms with Gasteiger partial charge in [0.1, 0.15) is 0 Å². The Hall–Kier alpha value is -0.260. The van der Waals surface area contributed by atoms with Gasteiger partial charge < -0.3 is 10.2 Å². The molecule has 0 saturated heterocycles. The Morgan fingerprint density at radius 2 is 2.25 bits per heavy atom. The predicted octanol–water partition coefficient (Wildman–Crippen LogP) is 1.99. The lowest BCUT2D eigenvalue weighted by Gasteiger charge is -2.15. The van der Waals surface area contributed by atoms with E-state index in [1.54, 1.807) is 19.0 Å². The molecule has 0 spiro atoms. The van der Waals surface area contributed by atoms with E-state index in [0.29, 0.717) is 0 Å². The topological polar surface area (TPSA) is 32.3 Å². The lowest BCUT2D eigenvalue weighted by Crippen LogP contribution is -2.35. The van der Waals surface area contributed by atoms with E-state index in [2.05, 4.69) is 34.8 Å². The maximum absolute atomic E-state index is 11.0. The minimum absolute atomic E-state index is 0.0312. The van der Waals surface area contributed by atoms with Crippen molar-refractivity contribution in [1.29, 1.82) is 0 Å². The van der Waals surface area contributed by atoms with Crippen molar-refractivity contribution in [3.63, 3.8) is 0 Å². The Morgan fingerprint density at radius 1 is 1.67 bits per heavy atom. The lowest BCUT2D eigenvalue weighted by atomic mass is 10.2. The van der Waals surface area contributed by atoms with Gasteiger partial charge in [-0.3, -0.25) is 0 Å². The highest BCUT2D eigenvalue weighted by Crippen LogP contribution is 2.03. The average Bonchev–Trinajstić information content (AvgIpc) is 2.11. The van der Waals surface area contributed by atoms with Crippen molar-refractivity contribution in [3.8, 4) is 0 Å². The van der Waals surface area contributed by atoms with Gasteiger partial charge in [-0.25, -0.2) is 4.79 Å². The van der Waals surface area contributed by atoms with Crippen LogP contribution in [0.3, 0.4) is 0 Å². The van der Waals surface area contributed by atoms with E-state index in [1.807, 2.05) is 4.08 Å². The summed E-state index contributed by atoms with van der Waals surface area (Å²) in [6, 6.07) is -0.0312. The molecule has 12 heavy (non-hydrogen) atoms. The van der Waals surface area contributed by atoms with Crippen LogP contribution in [0, 0.1) is 0 Å². The maximum atomic E-state index is 11.0.